The number of amides is 2. The van der Waals surface area contributed by atoms with Gasteiger partial charge in [-0.2, -0.15) is 0 Å². The highest BCUT2D eigenvalue weighted by Crippen LogP contribution is 2.32. The van der Waals surface area contributed by atoms with Crippen molar-refractivity contribution >= 4 is 24.4 Å². The fourth-order valence-corrected chi connectivity index (χ4v) is 2.24. The number of carbonyl (C=O) groups is 4. The van der Waals surface area contributed by atoms with Crippen molar-refractivity contribution in [3.8, 4) is 0 Å². The Morgan fingerprint density at radius 3 is 1.91 bits per heavy atom. The molecule has 2 heterocycles. The monoisotopic (exact) mass is 319 g/mol. The first-order valence-corrected chi connectivity index (χ1v) is 6.41. The standard InChI is InChI=1S/C14H13N3O6/c15-13(20)11-9(5-18)7(1-3-22-11)8-2-4-23-12(10(8)6-19)14(21)17-16/h1-2,5-6H,3-4,16H2,(H2,15,20)(H,17,21). The summed E-state index contributed by atoms with van der Waals surface area (Å²) >= 11 is 0. The maximum atomic E-state index is 11.7. The summed E-state index contributed by atoms with van der Waals surface area (Å²) in [7, 11) is 0. The van der Waals surface area contributed by atoms with Crippen molar-refractivity contribution < 1.29 is 28.7 Å². The molecule has 0 atom stereocenters. The van der Waals surface area contributed by atoms with E-state index in [1.807, 2.05) is 5.43 Å². The van der Waals surface area contributed by atoms with E-state index >= 15 is 0 Å². The van der Waals surface area contributed by atoms with Crippen LogP contribution in [0.3, 0.4) is 0 Å². The van der Waals surface area contributed by atoms with Crippen LogP contribution in [-0.4, -0.2) is 37.6 Å². The van der Waals surface area contributed by atoms with Crippen LogP contribution in [-0.2, 0) is 28.7 Å². The lowest BCUT2D eigenvalue weighted by atomic mass is 9.89. The summed E-state index contributed by atoms with van der Waals surface area (Å²) in [6, 6.07) is 0. The number of aldehydes is 2. The Balaban J connectivity index is 2.58. The van der Waals surface area contributed by atoms with E-state index in [1.165, 1.54) is 12.2 Å². The number of hydrogen-bond donors (Lipinski definition) is 3. The summed E-state index contributed by atoms with van der Waals surface area (Å²) in [6.45, 7) is -0.0423. The van der Waals surface area contributed by atoms with Crippen LogP contribution in [0.2, 0.25) is 0 Å². The molecule has 0 aliphatic carbocycles. The molecule has 0 saturated carbocycles. The molecule has 0 saturated heterocycles. The molecule has 2 aliphatic rings. The molecule has 0 fully saturated rings. The summed E-state index contributed by atoms with van der Waals surface area (Å²) in [6.07, 6.45) is 3.79. The number of hydrogen-bond acceptors (Lipinski definition) is 7. The average molecular weight is 319 g/mol. The molecule has 9 heteroatoms. The molecule has 2 rings (SSSR count). The SMILES string of the molecule is NNC(=O)C1=C(C=O)C(C2=CCOC(C(N)=O)=C2C=O)=CCO1. The molecular formula is C14H13N3O6. The van der Waals surface area contributed by atoms with E-state index in [0.29, 0.717) is 12.6 Å². The largest absolute Gasteiger partial charge is 0.483 e. The van der Waals surface area contributed by atoms with Gasteiger partial charge in [0.25, 0.3) is 5.91 Å². The third kappa shape index (κ3) is 2.90. The van der Waals surface area contributed by atoms with Gasteiger partial charge in [0.05, 0.1) is 11.1 Å². The predicted molar refractivity (Wildman–Crippen MR) is 75.8 cm³/mol. The van der Waals surface area contributed by atoms with E-state index in [4.69, 9.17) is 21.1 Å². The van der Waals surface area contributed by atoms with Crippen LogP contribution in [0.1, 0.15) is 0 Å². The Morgan fingerprint density at radius 1 is 1.00 bits per heavy atom. The Hall–Kier alpha value is -3.20. The zero-order valence-electron chi connectivity index (χ0n) is 11.8. The first-order valence-electron chi connectivity index (χ1n) is 6.41. The van der Waals surface area contributed by atoms with E-state index in [-0.39, 0.29) is 47.0 Å². The Labute approximate surface area is 130 Å². The number of nitrogens with one attached hydrogen (secondary N) is 1. The highest BCUT2D eigenvalue weighted by molar-refractivity contribution is 6.04. The van der Waals surface area contributed by atoms with E-state index in [1.54, 1.807) is 0 Å². The molecule has 2 aliphatic heterocycles. The van der Waals surface area contributed by atoms with Gasteiger partial charge in [0.2, 0.25) is 0 Å². The topological polar surface area (TPSA) is 151 Å². The molecule has 23 heavy (non-hydrogen) atoms. The molecule has 2 amide bonds. The van der Waals surface area contributed by atoms with Gasteiger partial charge in [-0.05, 0) is 23.3 Å². The minimum atomic E-state index is -0.915. The molecule has 0 aromatic heterocycles. The van der Waals surface area contributed by atoms with Gasteiger partial charge in [-0.25, -0.2) is 5.84 Å². The van der Waals surface area contributed by atoms with Crippen molar-refractivity contribution in [1.29, 1.82) is 0 Å². The third-order valence-corrected chi connectivity index (χ3v) is 3.19. The predicted octanol–water partition coefficient (Wildman–Crippen LogP) is -1.72. The normalized spacial score (nSPS) is 17.4. The van der Waals surface area contributed by atoms with Crippen molar-refractivity contribution in [2.75, 3.05) is 13.2 Å². The van der Waals surface area contributed by atoms with Gasteiger partial charge in [0.15, 0.2) is 24.1 Å². The Kier molecular flexibility index (Phi) is 4.72. The maximum Gasteiger partial charge on any atom is 0.301 e. The highest BCUT2D eigenvalue weighted by atomic mass is 16.5. The van der Waals surface area contributed by atoms with E-state index in [0.717, 1.165) is 0 Å². The van der Waals surface area contributed by atoms with Crippen molar-refractivity contribution in [2.24, 2.45) is 11.6 Å². The second-order valence-corrected chi connectivity index (χ2v) is 4.42. The molecule has 0 unspecified atom stereocenters. The van der Waals surface area contributed by atoms with Gasteiger partial charge in [-0.1, -0.05) is 0 Å². The first-order chi connectivity index (χ1) is 11.0. The van der Waals surface area contributed by atoms with Gasteiger partial charge in [0, 0.05) is 0 Å². The van der Waals surface area contributed by atoms with Gasteiger partial charge >= 0.3 is 5.91 Å². The molecule has 9 nitrogen and oxygen atoms in total. The second kappa shape index (κ2) is 6.71. The lowest BCUT2D eigenvalue weighted by molar-refractivity contribution is -0.121. The minimum absolute atomic E-state index is 0.0201. The summed E-state index contributed by atoms with van der Waals surface area (Å²) in [5, 5.41) is 0. The zero-order chi connectivity index (χ0) is 17.0. The van der Waals surface area contributed by atoms with Crippen LogP contribution in [0, 0.1) is 0 Å². The smallest absolute Gasteiger partial charge is 0.301 e. The number of ether oxygens (including phenoxy) is 2. The van der Waals surface area contributed by atoms with E-state index in [9.17, 15) is 19.2 Å². The molecule has 5 N–H and O–H groups in total. The molecule has 0 radical (unpaired) electrons. The molecule has 0 aromatic rings. The van der Waals surface area contributed by atoms with E-state index < -0.39 is 11.8 Å². The third-order valence-electron chi connectivity index (χ3n) is 3.19. The fourth-order valence-electron chi connectivity index (χ4n) is 2.24. The number of allylic oxidation sites excluding steroid dienone is 4. The second-order valence-electron chi connectivity index (χ2n) is 4.42. The summed E-state index contributed by atoms with van der Waals surface area (Å²) < 4.78 is 10.2. The number of carbonyl (C=O) groups excluding carboxylic acids is 4. The number of hydrazine groups is 1. The molecule has 0 aromatic carbocycles. The molecule has 0 bridgehead atoms. The van der Waals surface area contributed by atoms with Crippen LogP contribution in [0.15, 0.2) is 46.0 Å². The lowest BCUT2D eigenvalue weighted by Gasteiger charge is -2.23. The zero-order valence-corrected chi connectivity index (χ0v) is 11.8. The molecule has 120 valence electrons. The van der Waals surface area contributed by atoms with Crippen LogP contribution in [0.4, 0.5) is 0 Å². The van der Waals surface area contributed by atoms with Gasteiger partial charge in [0.1, 0.15) is 13.2 Å². The van der Waals surface area contributed by atoms with Crippen LogP contribution in [0.25, 0.3) is 0 Å². The minimum Gasteiger partial charge on any atom is -0.483 e. The van der Waals surface area contributed by atoms with Crippen LogP contribution < -0.4 is 17.0 Å². The first kappa shape index (κ1) is 16.2. The van der Waals surface area contributed by atoms with Gasteiger partial charge < -0.3 is 15.2 Å². The maximum absolute atomic E-state index is 11.7. The number of rotatable bonds is 5. The van der Waals surface area contributed by atoms with Crippen molar-refractivity contribution in [2.45, 2.75) is 0 Å². The van der Waals surface area contributed by atoms with Gasteiger partial charge in [-0.3, -0.25) is 24.6 Å². The average Bonchev–Trinajstić information content (AvgIpc) is 2.59. The van der Waals surface area contributed by atoms with Gasteiger partial charge in [-0.15, -0.1) is 0 Å². The van der Waals surface area contributed by atoms with Crippen molar-refractivity contribution in [3.05, 3.63) is 46.0 Å². The molecular weight excluding hydrogens is 306 g/mol. The lowest BCUT2D eigenvalue weighted by Crippen LogP contribution is -2.34. The number of primary amides is 1. The summed E-state index contributed by atoms with van der Waals surface area (Å²) in [5.41, 5.74) is 7.35. The van der Waals surface area contributed by atoms with Crippen LogP contribution >= 0.6 is 0 Å². The van der Waals surface area contributed by atoms with Crippen LogP contribution in [0.5, 0.6) is 0 Å². The van der Waals surface area contributed by atoms with Crippen molar-refractivity contribution in [1.82, 2.24) is 5.43 Å². The Morgan fingerprint density at radius 2 is 1.48 bits per heavy atom. The number of nitrogens with two attached hydrogens (primary N) is 2. The molecule has 0 spiro atoms. The quantitative estimate of drug-likeness (QED) is 0.236. The van der Waals surface area contributed by atoms with Crippen molar-refractivity contribution in [3.63, 3.8) is 0 Å². The van der Waals surface area contributed by atoms with E-state index in [2.05, 4.69) is 0 Å². The fraction of sp³-hybridized carbons (Fsp3) is 0.143. The highest BCUT2D eigenvalue weighted by Gasteiger charge is 2.29. The summed E-state index contributed by atoms with van der Waals surface area (Å²) in [4.78, 5) is 45.8. The Bertz CT molecular complexity index is 714. The summed E-state index contributed by atoms with van der Waals surface area (Å²) in [5.74, 6) is 2.75.